The van der Waals surface area contributed by atoms with E-state index in [4.69, 9.17) is 0 Å². The zero-order chi connectivity index (χ0) is 16.8. The lowest BCUT2D eigenvalue weighted by Crippen LogP contribution is -2.44. The number of nitrogens with one attached hydrogen (secondary N) is 1. The minimum Gasteiger partial charge on any atom is -0.346 e. The molecule has 1 heterocycles. The van der Waals surface area contributed by atoms with E-state index in [1.54, 1.807) is 7.05 Å². The molecule has 122 valence electrons. The van der Waals surface area contributed by atoms with E-state index >= 15 is 0 Å². The number of rotatable bonds is 5. The van der Waals surface area contributed by atoms with Gasteiger partial charge in [0.15, 0.2) is 0 Å². The lowest BCUT2D eigenvalue weighted by molar-refractivity contribution is -0.145. The molecule has 1 aliphatic rings. The van der Waals surface area contributed by atoms with Crippen LogP contribution < -0.4 is 5.32 Å². The molecule has 0 unspecified atom stereocenters. The third-order valence-corrected chi connectivity index (χ3v) is 4.12. The van der Waals surface area contributed by atoms with E-state index in [0.717, 1.165) is 22.2 Å². The summed E-state index contributed by atoms with van der Waals surface area (Å²) in [4.78, 5) is 49.0. The maximum atomic E-state index is 12.0. The second-order valence-corrected chi connectivity index (χ2v) is 5.93. The molecule has 0 bridgehead atoms. The normalized spacial score (nSPS) is 14.0. The van der Waals surface area contributed by atoms with E-state index in [2.05, 4.69) is 5.32 Å². The Morgan fingerprint density at radius 1 is 1.26 bits per heavy atom. The van der Waals surface area contributed by atoms with Gasteiger partial charge in [-0.1, -0.05) is 42.1 Å². The van der Waals surface area contributed by atoms with E-state index in [1.807, 2.05) is 30.3 Å². The zero-order valence-corrected chi connectivity index (χ0v) is 13.5. The highest BCUT2D eigenvalue weighted by Crippen LogP contribution is 2.17. The van der Waals surface area contributed by atoms with Crippen molar-refractivity contribution >= 4 is 34.7 Å². The predicted molar refractivity (Wildman–Crippen MR) is 85.5 cm³/mol. The molecule has 2 rings (SSSR count). The second-order valence-electron chi connectivity index (χ2n) is 5.00. The molecular weight excluding hydrogens is 318 g/mol. The molecule has 23 heavy (non-hydrogen) atoms. The molecule has 1 N–H and O–H groups in total. The van der Waals surface area contributed by atoms with Crippen molar-refractivity contribution in [3.63, 3.8) is 0 Å². The number of amides is 4. The quantitative estimate of drug-likeness (QED) is 0.790. The fourth-order valence-corrected chi connectivity index (χ4v) is 2.81. The van der Waals surface area contributed by atoms with Crippen LogP contribution in [0.5, 0.6) is 0 Å². The van der Waals surface area contributed by atoms with Crippen molar-refractivity contribution in [2.24, 2.45) is 0 Å². The van der Waals surface area contributed by atoms with Crippen LogP contribution >= 0.6 is 11.8 Å². The standard InChI is InChI=1S/C15H17N3O4S/c1-17(9-11-5-3-2-4-6-11)14(21)13(20)16-7-8-18-12(19)10-23-15(18)22/h2-6H,7-10H2,1H3,(H,16,20). The van der Waals surface area contributed by atoms with Crippen molar-refractivity contribution in [1.82, 2.24) is 15.1 Å². The minimum absolute atomic E-state index is 0.0573. The monoisotopic (exact) mass is 335 g/mol. The van der Waals surface area contributed by atoms with Gasteiger partial charge in [-0.3, -0.25) is 24.1 Å². The first kappa shape index (κ1) is 17.0. The number of likely N-dealkylation sites (N-methyl/N-ethyl adjacent to an activating group) is 1. The van der Waals surface area contributed by atoms with Gasteiger partial charge in [0.05, 0.1) is 5.75 Å². The summed E-state index contributed by atoms with van der Waals surface area (Å²) in [7, 11) is 1.54. The number of thioether (sulfide) groups is 1. The van der Waals surface area contributed by atoms with Gasteiger partial charge in [0, 0.05) is 26.7 Å². The summed E-state index contributed by atoms with van der Waals surface area (Å²) in [6.45, 7) is 0.459. The Bertz CT molecular complexity index is 604. The molecule has 1 aromatic rings. The van der Waals surface area contributed by atoms with Crippen LogP contribution in [0.1, 0.15) is 5.56 Å². The Morgan fingerprint density at radius 3 is 2.57 bits per heavy atom. The van der Waals surface area contributed by atoms with E-state index < -0.39 is 11.8 Å². The molecule has 8 heteroatoms. The molecule has 0 saturated carbocycles. The van der Waals surface area contributed by atoms with Crippen LogP contribution in [0, 0.1) is 0 Å². The summed E-state index contributed by atoms with van der Waals surface area (Å²) >= 11 is 0.934. The van der Waals surface area contributed by atoms with Gasteiger partial charge in [0.1, 0.15) is 0 Å². The van der Waals surface area contributed by atoms with Gasteiger partial charge in [-0.2, -0.15) is 0 Å². The highest BCUT2D eigenvalue weighted by Gasteiger charge is 2.29. The first-order chi connectivity index (χ1) is 11.0. The average molecular weight is 335 g/mol. The van der Waals surface area contributed by atoms with Crippen LogP contribution in [0.2, 0.25) is 0 Å². The molecule has 4 amide bonds. The maximum Gasteiger partial charge on any atom is 0.311 e. The van der Waals surface area contributed by atoms with Crippen LogP contribution in [0.15, 0.2) is 30.3 Å². The summed E-state index contributed by atoms with van der Waals surface area (Å²) in [5.74, 6) is -1.56. The fourth-order valence-electron chi connectivity index (χ4n) is 2.06. The average Bonchev–Trinajstić information content (AvgIpc) is 2.86. The third kappa shape index (κ3) is 4.56. The lowest BCUT2D eigenvalue weighted by Gasteiger charge is -2.17. The largest absolute Gasteiger partial charge is 0.346 e. The van der Waals surface area contributed by atoms with Crippen LogP contribution in [0.4, 0.5) is 4.79 Å². The minimum atomic E-state index is -0.754. The second kappa shape index (κ2) is 7.77. The molecule has 1 saturated heterocycles. The maximum absolute atomic E-state index is 12.0. The van der Waals surface area contributed by atoms with Crippen LogP contribution in [-0.2, 0) is 20.9 Å². The van der Waals surface area contributed by atoms with Crippen molar-refractivity contribution in [3.05, 3.63) is 35.9 Å². The summed E-state index contributed by atoms with van der Waals surface area (Å²) in [6, 6.07) is 9.32. The van der Waals surface area contributed by atoms with Gasteiger partial charge in [-0.25, -0.2) is 0 Å². The molecule has 0 radical (unpaired) electrons. The molecule has 0 aliphatic carbocycles. The van der Waals surface area contributed by atoms with Gasteiger partial charge < -0.3 is 10.2 Å². The third-order valence-electron chi connectivity index (χ3n) is 3.27. The molecule has 0 aromatic heterocycles. The predicted octanol–water partition coefficient (Wildman–Crippen LogP) is 0.457. The fraction of sp³-hybridized carbons (Fsp3) is 0.333. The molecule has 1 aromatic carbocycles. The molecule has 1 aliphatic heterocycles. The Labute approximate surface area is 138 Å². The molecule has 1 fully saturated rings. The van der Waals surface area contributed by atoms with E-state index in [0.29, 0.717) is 6.54 Å². The van der Waals surface area contributed by atoms with Crippen LogP contribution in [0.25, 0.3) is 0 Å². The molecule has 0 spiro atoms. The summed E-state index contributed by atoms with van der Waals surface area (Å²) < 4.78 is 0. The smallest absolute Gasteiger partial charge is 0.311 e. The highest BCUT2D eigenvalue weighted by molar-refractivity contribution is 8.14. The Morgan fingerprint density at radius 2 is 1.96 bits per heavy atom. The van der Waals surface area contributed by atoms with Crippen LogP contribution in [0.3, 0.4) is 0 Å². The van der Waals surface area contributed by atoms with Gasteiger partial charge in [0.25, 0.3) is 5.24 Å². The topological polar surface area (TPSA) is 86.8 Å². The van der Waals surface area contributed by atoms with Crippen molar-refractivity contribution in [2.45, 2.75) is 6.54 Å². The van der Waals surface area contributed by atoms with Crippen LogP contribution in [-0.4, -0.2) is 58.7 Å². The van der Waals surface area contributed by atoms with E-state index in [1.165, 1.54) is 4.90 Å². The van der Waals surface area contributed by atoms with Crippen molar-refractivity contribution in [2.75, 3.05) is 25.9 Å². The number of imide groups is 1. The Kier molecular flexibility index (Phi) is 5.75. The first-order valence-electron chi connectivity index (χ1n) is 7.03. The number of nitrogens with zero attached hydrogens (tertiary/aromatic N) is 2. The van der Waals surface area contributed by atoms with Gasteiger partial charge in [0.2, 0.25) is 5.91 Å². The molecule has 0 atom stereocenters. The van der Waals surface area contributed by atoms with Crippen molar-refractivity contribution in [3.8, 4) is 0 Å². The Hall–Kier alpha value is -2.35. The van der Waals surface area contributed by atoms with Gasteiger partial charge in [-0.05, 0) is 5.56 Å². The number of hydrogen-bond acceptors (Lipinski definition) is 5. The summed E-state index contributed by atoms with van der Waals surface area (Å²) in [5.41, 5.74) is 0.918. The number of carbonyl (C=O) groups is 4. The first-order valence-corrected chi connectivity index (χ1v) is 8.02. The Balaban J connectivity index is 1.77. The molecule has 7 nitrogen and oxygen atoms in total. The zero-order valence-electron chi connectivity index (χ0n) is 12.7. The van der Waals surface area contributed by atoms with Gasteiger partial charge in [-0.15, -0.1) is 0 Å². The lowest BCUT2D eigenvalue weighted by atomic mass is 10.2. The SMILES string of the molecule is CN(Cc1ccccc1)C(=O)C(=O)NCCN1C(=O)CSC1=O. The highest BCUT2D eigenvalue weighted by atomic mass is 32.2. The summed E-state index contributed by atoms with van der Waals surface area (Å²) in [6.07, 6.45) is 0. The molecular formula is C15H17N3O4S. The van der Waals surface area contributed by atoms with E-state index in [-0.39, 0.29) is 30.0 Å². The van der Waals surface area contributed by atoms with Crippen molar-refractivity contribution in [1.29, 1.82) is 0 Å². The van der Waals surface area contributed by atoms with E-state index in [9.17, 15) is 19.2 Å². The number of carbonyl (C=O) groups excluding carboxylic acids is 4. The number of hydrogen-bond donors (Lipinski definition) is 1. The number of benzene rings is 1. The van der Waals surface area contributed by atoms with Gasteiger partial charge >= 0.3 is 11.8 Å². The van der Waals surface area contributed by atoms with Crippen molar-refractivity contribution < 1.29 is 19.2 Å². The summed E-state index contributed by atoms with van der Waals surface area (Å²) in [5, 5.41) is 2.11.